The van der Waals surface area contributed by atoms with Crippen LogP contribution in [0.4, 0.5) is 11.4 Å². The van der Waals surface area contributed by atoms with Gasteiger partial charge in [0.1, 0.15) is 0 Å². The molecule has 0 radical (unpaired) electrons. The van der Waals surface area contributed by atoms with Crippen LogP contribution in [-0.4, -0.2) is 17.1 Å². The third-order valence-electron chi connectivity index (χ3n) is 4.23. The topological polar surface area (TPSA) is 75.3 Å². The summed E-state index contributed by atoms with van der Waals surface area (Å²) in [6.45, 7) is 4.54. The molecule has 4 heteroatoms. The Hall–Kier alpha value is -1.71. The largest absolute Gasteiger partial charge is 0.478 e. The van der Waals surface area contributed by atoms with E-state index in [1.807, 2.05) is 0 Å². The van der Waals surface area contributed by atoms with Crippen LogP contribution in [0.1, 0.15) is 43.5 Å². The van der Waals surface area contributed by atoms with Gasteiger partial charge in [-0.25, -0.2) is 4.79 Å². The monoisotopic (exact) mass is 262 g/mol. The molecular weight excluding hydrogens is 240 g/mol. The first-order valence-electron chi connectivity index (χ1n) is 6.86. The van der Waals surface area contributed by atoms with E-state index in [9.17, 15) is 9.90 Å². The van der Waals surface area contributed by atoms with Crippen molar-refractivity contribution < 1.29 is 9.90 Å². The molecule has 0 saturated heterocycles. The molecule has 0 aliphatic heterocycles. The lowest BCUT2D eigenvalue weighted by Crippen LogP contribution is -2.30. The molecule has 0 amide bonds. The van der Waals surface area contributed by atoms with Crippen LogP contribution < -0.4 is 11.1 Å². The minimum absolute atomic E-state index is 0.292. The van der Waals surface area contributed by atoms with Gasteiger partial charge in [-0.3, -0.25) is 0 Å². The van der Waals surface area contributed by atoms with Gasteiger partial charge in [0.05, 0.1) is 11.3 Å². The molecule has 3 atom stereocenters. The van der Waals surface area contributed by atoms with E-state index in [0.717, 1.165) is 18.8 Å². The molecule has 2 rings (SSSR count). The molecule has 3 unspecified atom stereocenters. The lowest BCUT2D eigenvalue weighted by atomic mass is 9.79. The molecule has 0 heterocycles. The molecule has 1 aliphatic rings. The smallest absolute Gasteiger partial charge is 0.337 e. The fraction of sp³-hybridized carbons (Fsp3) is 0.533. The maximum atomic E-state index is 11.2. The number of anilines is 2. The van der Waals surface area contributed by atoms with E-state index in [4.69, 9.17) is 5.73 Å². The van der Waals surface area contributed by atoms with Gasteiger partial charge in [0.15, 0.2) is 0 Å². The molecule has 1 saturated carbocycles. The molecule has 4 nitrogen and oxygen atoms in total. The Morgan fingerprint density at radius 1 is 1.32 bits per heavy atom. The van der Waals surface area contributed by atoms with Gasteiger partial charge in [-0.2, -0.15) is 0 Å². The summed E-state index contributed by atoms with van der Waals surface area (Å²) in [5.74, 6) is 0.498. The molecule has 104 valence electrons. The van der Waals surface area contributed by atoms with Gasteiger partial charge in [0.25, 0.3) is 0 Å². The highest BCUT2D eigenvalue weighted by atomic mass is 16.4. The summed E-state index contributed by atoms with van der Waals surface area (Å²) in [5, 5.41) is 12.6. The zero-order valence-electron chi connectivity index (χ0n) is 11.5. The second kappa shape index (κ2) is 5.51. The summed E-state index contributed by atoms with van der Waals surface area (Å²) in [6.07, 6.45) is 3.35. The molecule has 1 fully saturated rings. The lowest BCUT2D eigenvalue weighted by molar-refractivity contribution is 0.0698. The van der Waals surface area contributed by atoms with E-state index < -0.39 is 5.97 Å². The number of benzene rings is 1. The molecule has 4 N–H and O–H groups in total. The summed E-state index contributed by atoms with van der Waals surface area (Å²) in [6, 6.07) is 5.24. The highest BCUT2D eigenvalue weighted by Crippen LogP contribution is 2.32. The van der Waals surface area contributed by atoms with Crippen molar-refractivity contribution in [2.24, 2.45) is 11.8 Å². The first-order chi connectivity index (χ1) is 8.97. The Morgan fingerprint density at radius 3 is 2.68 bits per heavy atom. The van der Waals surface area contributed by atoms with Crippen molar-refractivity contribution in [2.75, 3.05) is 11.1 Å². The van der Waals surface area contributed by atoms with Crippen LogP contribution in [0.2, 0.25) is 0 Å². The third kappa shape index (κ3) is 3.19. The molecular formula is C15H22N2O2. The van der Waals surface area contributed by atoms with Crippen molar-refractivity contribution in [1.82, 2.24) is 0 Å². The van der Waals surface area contributed by atoms with Crippen LogP contribution >= 0.6 is 0 Å². The van der Waals surface area contributed by atoms with Crippen LogP contribution in [0.25, 0.3) is 0 Å². The minimum atomic E-state index is -0.917. The van der Waals surface area contributed by atoms with Crippen molar-refractivity contribution in [2.45, 2.75) is 39.2 Å². The second-order valence-electron chi connectivity index (χ2n) is 5.72. The second-order valence-corrected chi connectivity index (χ2v) is 5.72. The van der Waals surface area contributed by atoms with Crippen molar-refractivity contribution in [1.29, 1.82) is 0 Å². The average Bonchev–Trinajstić information content (AvgIpc) is 2.33. The summed E-state index contributed by atoms with van der Waals surface area (Å²) < 4.78 is 0. The van der Waals surface area contributed by atoms with Gasteiger partial charge in [0, 0.05) is 11.7 Å². The lowest BCUT2D eigenvalue weighted by Gasteiger charge is -2.33. The van der Waals surface area contributed by atoms with Crippen LogP contribution in [0, 0.1) is 11.8 Å². The van der Waals surface area contributed by atoms with E-state index in [1.165, 1.54) is 6.42 Å². The number of carboxylic acids is 1. The zero-order valence-corrected chi connectivity index (χ0v) is 11.5. The Kier molecular flexibility index (Phi) is 3.98. The molecule has 0 aromatic heterocycles. The standard InChI is InChI=1S/C15H22N2O2/c1-9-3-5-12(7-10(9)2)17-14-8-11(16)4-6-13(14)15(18)19/h4,6,8-10,12,17H,3,5,7,16H2,1-2H3,(H,18,19). The summed E-state index contributed by atoms with van der Waals surface area (Å²) in [4.78, 5) is 11.2. The fourth-order valence-electron chi connectivity index (χ4n) is 2.77. The molecule has 19 heavy (non-hydrogen) atoms. The van der Waals surface area contributed by atoms with Gasteiger partial charge in [-0.1, -0.05) is 13.8 Å². The number of hydrogen-bond donors (Lipinski definition) is 3. The number of nitrogens with one attached hydrogen (secondary N) is 1. The highest BCUT2D eigenvalue weighted by molar-refractivity contribution is 5.95. The maximum Gasteiger partial charge on any atom is 0.337 e. The number of rotatable bonds is 3. The van der Waals surface area contributed by atoms with Crippen molar-refractivity contribution in [3.63, 3.8) is 0 Å². The Labute approximate surface area is 114 Å². The number of aromatic carboxylic acids is 1. The normalized spacial score (nSPS) is 26.9. The van der Waals surface area contributed by atoms with Gasteiger partial charge >= 0.3 is 5.97 Å². The van der Waals surface area contributed by atoms with Crippen molar-refractivity contribution in [3.05, 3.63) is 23.8 Å². The van der Waals surface area contributed by atoms with Gasteiger partial charge in [0.2, 0.25) is 0 Å². The average molecular weight is 262 g/mol. The number of carboxylic acid groups (broad SMARTS) is 1. The van der Waals surface area contributed by atoms with E-state index in [-0.39, 0.29) is 0 Å². The minimum Gasteiger partial charge on any atom is -0.478 e. The number of hydrogen-bond acceptors (Lipinski definition) is 3. The fourth-order valence-corrected chi connectivity index (χ4v) is 2.77. The Morgan fingerprint density at radius 2 is 2.05 bits per heavy atom. The van der Waals surface area contributed by atoms with Gasteiger partial charge in [-0.15, -0.1) is 0 Å². The zero-order chi connectivity index (χ0) is 14.0. The Bertz CT molecular complexity index is 473. The SMILES string of the molecule is CC1CCC(Nc2cc(N)ccc2C(=O)O)CC1C. The van der Waals surface area contributed by atoms with Crippen LogP contribution in [0.3, 0.4) is 0 Å². The molecule has 0 spiro atoms. The quantitative estimate of drug-likeness (QED) is 0.731. The van der Waals surface area contributed by atoms with E-state index in [2.05, 4.69) is 19.2 Å². The van der Waals surface area contributed by atoms with Crippen LogP contribution in [-0.2, 0) is 0 Å². The Balaban J connectivity index is 2.14. The molecule has 1 aromatic carbocycles. The first-order valence-corrected chi connectivity index (χ1v) is 6.86. The van der Waals surface area contributed by atoms with Crippen molar-refractivity contribution >= 4 is 17.3 Å². The van der Waals surface area contributed by atoms with E-state index in [0.29, 0.717) is 28.9 Å². The van der Waals surface area contributed by atoms with Crippen LogP contribution in [0.15, 0.2) is 18.2 Å². The predicted molar refractivity (Wildman–Crippen MR) is 77.4 cm³/mol. The van der Waals surface area contributed by atoms with E-state index >= 15 is 0 Å². The maximum absolute atomic E-state index is 11.2. The number of carbonyl (C=O) groups is 1. The number of nitrogens with two attached hydrogens (primary N) is 1. The van der Waals surface area contributed by atoms with Crippen molar-refractivity contribution in [3.8, 4) is 0 Å². The van der Waals surface area contributed by atoms with Gasteiger partial charge in [-0.05, 0) is 49.3 Å². The highest BCUT2D eigenvalue weighted by Gasteiger charge is 2.25. The van der Waals surface area contributed by atoms with Crippen LogP contribution in [0.5, 0.6) is 0 Å². The van der Waals surface area contributed by atoms with E-state index in [1.54, 1.807) is 18.2 Å². The van der Waals surface area contributed by atoms with Gasteiger partial charge < -0.3 is 16.2 Å². The molecule has 0 bridgehead atoms. The summed E-state index contributed by atoms with van der Waals surface area (Å²) in [7, 11) is 0. The summed E-state index contributed by atoms with van der Waals surface area (Å²) >= 11 is 0. The predicted octanol–water partition coefficient (Wildman–Crippen LogP) is 3.20. The summed E-state index contributed by atoms with van der Waals surface area (Å²) in [5.41, 5.74) is 7.27. The molecule has 1 aromatic rings. The molecule has 1 aliphatic carbocycles. The third-order valence-corrected chi connectivity index (χ3v) is 4.23. The first kappa shape index (κ1) is 13.7. The number of nitrogen functional groups attached to an aromatic ring is 1.